The third-order valence-electron chi connectivity index (χ3n) is 3.73. The maximum atomic E-state index is 12.0. The summed E-state index contributed by atoms with van der Waals surface area (Å²) in [5.41, 5.74) is 4.50. The Morgan fingerprint density at radius 3 is 2.69 bits per heavy atom. The molecule has 2 amide bonds. The predicted octanol–water partition coefficient (Wildman–Crippen LogP) is 0.346. The molecule has 11 heteroatoms. The highest BCUT2D eigenvalue weighted by Crippen LogP contribution is 2.21. The van der Waals surface area contributed by atoms with Crippen molar-refractivity contribution in [3.8, 4) is 0 Å². The quantitative estimate of drug-likeness (QED) is 0.474. The van der Waals surface area contributed by atoms with Gasteiger partial charge in [0.2, 0.25) is 0 Å². The zero-order chi connectivity index (χ0) is 19.0. The van der Waals surface area contributed by atoms with E-state index in [1.165, 1.54) is 11.3 Å². The van der Waals surface area contributed by atoms with E-state index in [4.69, 9.17) is 4.74 Å². The van der Waals surface area contributed by atoms with Crippen LogP contribution in [0.15, 0.2) is 5.38 Å². The maximum absolute atomic E-state index is 12.0. The van der Waals surface area contributed by atoms with Gasteiger partial charge in [-0.3, -0.25) is 20.4 Å². The van der Waals surface area contributed by atoms with Gasteiger partial charge in [0.1, 0.15) is 11.4 Å². The second-order valence-electron chi connectivity index (χ2n) is 5.92. The fraction of sp³-hybridized carbons (Fsp3) is 0.667. The van der Waals surface area contributed by atoms with Crippen molar-refractivity contribution in [2.24, 2.45) is 0 Å². The summed E-state index contributed by atoms with van der Waals surface area (Å²) in [6.07, 6.45) is 2.23. The van der Waals surface area contributed by atoms with E-state index >= 15 is 0 Å². The first kappa shape index (κ1) is 20.6. The molecule has 2 N–H and O–H groups in total. The zero-order valence-electron chi connectivity index (χ0n) is 14.7. The second-order valence-corrected chi connectivity index (χ2v) is 8.94. The molecule has 0 aliphatic carbocycles. The zero-order valence-corrected chi connectivity index (χ0v) is 16.3. The van der Waals surface area contributed by atoms with E-state index in [1.807, 2.05) is 11.8 Å². The Bertz CT molecular complexity index is 713. The highest BCUT2D eigenvalue weighted by atomic mass is 32.2. The molecule has 0 radical (unpaired) electrons. The van der Waals surface area contributed by atoms with Gasteiger partial charge in [-0.2, -0.15) is 0 Å². The van der Waals surface area contributed by atoms with Crippen LogP contribution in [0.3, 0.4) is 0 Å². The Hall–Kier alpha value is -1.72. The van der Waals surface area contributed by atoms with E-state index in [9.17, 15) is 18.0 Å². The number of hydrazine groups is 1. The highest BCUT2D eigenvalue weighted by Gasteiger charge is 2.19. The summed E-state index contributed by atoms with van der Waals surface area (Å²) < 4.78 is 28.9. The van der Waals surface area contributed by atoms with Gasteiger partial charge < -0.3 is 9.64 Å². The minimum absolute atomic E-state index is 0.0306. The number of hydrogen-bond donors (Lipinski definition) is 2. The Balaban J connectivity index is 1.79. The summed E-state index contributed by atoms with van der Waals surface area (Å²) in [5.74, 6) is -2.03. The molecule has 0 bridgehead atoms. The van der Waals surface area contributed by atoms with E-state index in [0.29, 0.717) is 37.9 Å². The molecule has 1 aliphatic rings. The van der Waals surface area contributed by atoms with Crippen LogP contribution in [-0.4, -0.2) is 63.0 Å². The number of unbranched alkanes of at least 4 members (excludes halogenated alkanes) is 2. The van der Waals surface area contributed by atoms with Gasteiger partial charge in [-0.05, 0) is 6.42 Å². The number of carbonyl (C=O) groups excluding carboxylic acids is 2. The van der Waals surface area contributed by atoms with E-state index in [2.05, 4.69) is 15.8 Å². The molecule has 2 heterocycles. The average Bonchev–Trinajstić information content (AvgIpc) is 3.10. The van der Waals surface area contributed by atoms with Gasteiger partial charge in [0.05, 0.1) is 19.0 Å². The monoisotopic (exact) mass is 404 g/mol. The lowest BCUT2D eigenvalue weighted by molar-refractivity contribution is -0.119. The molecule has 0 aromatic carbocycles. The van der Waals surface area contributed by atoms with Crippen LogP contribution in [0, 0.1) is 0 Å². The molecule has 0 unspecified atom stereocenters. The van der Waals surface area contributed by atoms with Gasteiger partial charge in [-0.25, -0.2) is 13.4 Å². The van der Waals surface area contributed by atoms with E-state index in [-0.39, 0.29) is 11.4 Å². The van der Waals surface area contributed by atoms with Crippen molar-refractivity contribution in [3.63, 3.8) is 0 Å². The molecule has 0 atom stereocenters. The van der Waals surface area contributed by atoms with Crippen molar-refractivity contribution in [3.05, 3.63) is 11.1 Å². The number of amides is 2. The molecule has 2 rings (SSSR count). The number of sulfone groups is 1. The van der Waals surface area contributed by atoms with Crippen molar-refractivity contribution in [2.75, 3.05) is 42.7 Å². The van der Waals surface area contributed by atoms with Crippen LogP contribution in [0.25, 0.3) is 0 Å². The van der Waals surface area contributed by atoms with Gasteiger partial charge in [0, 0.05) is 18.5 Å². The topological polar surface area (TPSA) is 118 Å². The normalized spacial score (nSPS) is 14.9. The van der Waals surface area contributed by atoms with Crippen molar-refractivity contribution in [1.29, 1.82) is 0 Å². The number of nitrogens with one attached hydrogen (secondary N) is 2. The molecule has 0 saturated carbocycles. The van der Waals surface area contributed by atoms with Crippen LogP contribution in [-0.2, 0) is 19.4 Å². The number of rotatable bonds is 8. The average molecular weight is 405 g/mol. The Morgan fingerprint density at radius 1 is 1.27 bits per heavy atom. The lowest BCUT2D eigenvalue weighted by Gasteiger charge is -2.25. The minimum Gasteiger partial charge on any atom is -0.378 e. The van der Waals surface area contributed by atoms with Crippen molar-refractivity contribution >= 4 is 38.1 Å². The molecule has 1 aromatic rings. The van der Waals surface area contributed by atoms with Gasteiger partial charge in [0.15, 0.2) is 15.0 Å². The number of aromatic nitrogens is 1. The Morgan fingerprint density at radius 2 is 2.00 bits per heavy atom. The number of thiazole rings is 1. The smallest absolute Gasteiger partial charge is 0.289 e. The van der Waals surface area contributed by atoms with Crippen LogP contribution in [0.4, 0.5) is 5.13 Å². The van der Waals surface area contributed by atoms with E-state index in [0.717, 1.165) is 12.8 Å². The summed E-state index contributed by atoms with van der Waals surface area (Å²) in [4.78, 5) is 30.0. The lowest BCUT2D eigenvalue weighted by atomic mass is 10.3. The summed E-state index contributed by atoms with van der Waals surface area (Å²) >= 11 is 1.33. The number of ether oxygens (including phenoxy) is 1. The van der Waals surface area contributed by atoms with Crippen LogP contribution >= 0.6 is 11.3 Å². The SMILES string of the molecule is CCCCCS(=O)(=O)CC(=O)NNC(=O)c1csc(N2CCOCC2)n1. The van der Waals surface area contributed by atoms with Crippen molar-refractivity contribution in [1.82, 2.24) is 15.8 Å². The van der Waals surface area contributed by atoms with E-state index < -0.39 is 27.4 Å². The van der Waals surface area contributed by atoms with Gasteiger partial charge in [-0.1, -0.05) is 19.8 Å². The fourth-order valence-electron chi connectivity index (χ4n) is 2.34. The predicted molar refractivity (Wildman–Crippen MR) is 98.9 cm³/mol. The summed E-state index contributed by atoms with van der Waals surface area (Å²) in [7, 11) is -3.47. The molecular formula is C15H24N4O5S2. The third-order valence-corrected chi connectivity index (χ3v) is 6.25. The fourth-order valence-corrected chi connectivity index (χ4v) is 4.46. The molecule has 1 saturated heterocycles. The van der Waals surface area contributed by atoms with Gasteiger partial charge in [0.25, 0.3) is 11.8 Å². The molecule has 146 valence electrons. The van der Waals surface area contributed by atoms with Gasteiger partial charge >= 0.3 is 0 Å². The first-order valence-electron chi connectivity index (χ1n) is 8.49. The minimum atomic E-state index is -3.47. The van der Waals surface area contributed by atoms with Gasteiger partial charge in [-0.15, -0.1) is 11.3 Å². The number of carbonyl (C=O) groups is 2. The highest BCUT2D eigenvalue weighted by molar-refractivity contribution is 7.92. The third kappa shape index (κ3) is 6.54. The Labute approximate surface area is 157 Å². The first-order valence-corrected chi connectivity index (χ1v) is 11.2. The largest absolute Gasteiger partial charge is 0.378 e. The molecule has 0 spiro atoms. The van der Waals surface area contributed by atoms with Crippen LogP contribution < -0.4 is 15.8 Å². The molecule has 1 aromatic heterocycles. The lowest BCUT2D eigenvalue weighted by Crippen LogP contribution is -2.44. The molecule has 1 aliphatic heterocycles. The molecule has 26 heavy (non-hydrogen) atoms. The van der Waals surface area contributed by atoms with Crippen molar-refractivity contribution in [2.45, 2.75) is 26.2 Å². The summed E-state index contributed by atoms with van der Waals surface area (Å²) in [6.45, 7) is 4.62. The maximum Gasteiger partial charge on any atom is 0.289 e. The van der Waals surface area contributed by atoms with Crippen LogP contribution in [0.2, 0.25) is 0 Å². The van der Waals surface area contributed by atoms with Crippen LogP contribution in [0.1, 0.15) is 36.7 Å². The van der Waals surface area contributed by atoms with Crippen LogP contribution in [0.5, 0.6) is 0 Å². The number of morpholine rings is 1. The summed E-state index contributed by atoms with van der Waals surface area (Å²) in [6, 6.07) is 0. The number of anilines is 1. The van der Waals surface area contributed by atoms with Crippen molar-refractivity contribution < 1.29 is 22.7 Å². The molecule has 1 fully saturated rings. The summed E-state index contributed by atoms with van der Waals surface area (Å²) in [5, 5.41) is 2.30. The molecular weight excluding hydrogens is 380 g/mol. The first-order chi connectivity index (χ1) is 12.4. The Kier molecular flexibility index (Phi) is 7.79. The van der Waals surface area contributed by atoms with E-state index in [1.54, 1.807) is 5.38 Å². The number of hydrogen-bond acceptors (Lipinski definition) is 8. The number of nitrogens with zero attached hydrogens (tertiary/aromatic N) is 2. The standard InChI is InChI=1S/C15H24N4O5S2/c1-2-3-4-9-26(22,23)11-13(20)17-18-14(21)12-10-25-15(16-12)19-5-7-24-8-6-19/h10H,2-9,11H2,1H3,(H,17,20)(H,18,21). The molecule has 9 nitrogen and oxygen atoms in total. The second kappa shape index (κ2) is 9.83.